The molecule has 2 amide bonds. The fourth-order valence-corrected chi connectivity index (χ4v) is 3.48. The van der Waals surface area contributed by atoms with Crippen molar-refractivity contribution in [1.29, 1.82) is 0 Å². The van der Waals surface area contributed by atoms with Gasteiger partial charge in [-0.15, -0.1) is 12.4 Å². The molecule has 3 N–H and O–H groups in total. The fourth-order valence-electron chi connectivity index (χ4n) is 3.48. The molecule has 7 nitrogen and oxygen atoms in total. The molecule has 3 unspecified atom stereocenters. The minimum Gasteiger partial charge on any atom is -0.493 e. The number of nitrogens with one attached hydrogen (secondary N) is 1. The lowest BCUT2D eigenvalue weighted by Gasteiger charge is -2.39. The van der Waals surface area contributed by atoms with Crippen molar-refractivity contribution in [2.24, 2.45) is 11.7 Å². The van der Waals surface area contributed by atoms with E-state index in [0.717, 1.165) is 19.3 Å². The van der Waals surface area contributed by atoms with E-state index >= 15 is 0 Å². The zero-order valence-corrected chi connectivity index (χ0v) is 18.1. The summed E-state index contributed by atoms with van der Waals surface area (Å²) in [4.78, 5) is 27.7. The minimum atomic E-state index is -0.367. The number of likely N-dealkylation sites (tertiary alicyclic amines) is 1. The number of hydrogen-bond donors (Lipinski definition) is 2. The van der Waals surface area contributed by atoms with Gasteiger partial charge in [0.15, 0.2) is 11.5 Å². The van der Waals surface area contributed by atoms with Gasteiger partial charge >= 0.3 is 0 Å². The molecule has 0 radical (unpaired) electrons. The van der Waals surface area contributed by atoms with Gasteiger partial charge in [0.05, 0.1) is 25.5 Å². The normalized spacial score (nSPS) is 20.0. The van der Waals surface area contributed by atoms with Crippen molar-refractivity contribution in [3.63, 3.8) is 0 Å². The summed E-state index contributed by atoms with van der Waals surface area (Å²) in [6.07, 6.45) is 3.04. The van der Waals surface area contributed by atoms with Crippen molar-refractivity contribution in [3.05, 3.63) is 17.7 Å². The first-order valence-corrected chi connectivity index (χ1v) is 9.43. The molecule has 3 atom stereocenters. The minimum absolute atomic E-state index is 0. The van der Waals surface area contributed by atoms with Crippen molar-refractivity contribution in [3.8, 4) is 11.5 Å². The standard InChI is InChI=1S/C20H31N3O4.ClH/c1-12(11-21)19(24)22-16-10-18(27-5)17(26-4)9-15(16)20(25)23-13(2)7-6-8-14(23)3;/h9-10,12-14H,6-8,11,21H2,1-5H3,(H,22,24);1H. The van der Waals surface area contributed by atoms with E-state index in [0.29, 0.717) is 22.7 Å². The zero-order chi connectivity index (χ0) is 20.1. The number of ether oxygens (including phenoxy) is 2. The molecule has 1 fully saturated rings. The molecular formula is C20H32ClN3O4. The maximum atomic E-state index is 13.4. The number of halogens is 1. The highest BCUT2D eigenvalue weighted by atomic mass is 35.5. The Hall–Kier alpha value is -1.99. The number of amides is 2. The summed E-state index contributed by atoms with van der Waals surface area (Å²) < 4.78 is 10.7. The molecule has 0 bridgehead atoms. The molecular weight excluding hydrogens is 382 g/mol. The van der Waals surface area contributed by atoms with Crippen LogP contribution in [0.3, 0.4) is 0 Å². The maximum absolute atomic E-state index is 13.4. The Bertz CT molecular complexity index is 688. The number of methoxy groups -OCH3 is 2. The number of anilines is 1. The Morgan fingerprint density at radius 1 is 1.18 bits per heavy atom. The van der Waals surface area contributed by atoms with Crippen LogP contribution in [0.2, 0.25) is 0 Å². The van der Waals surface area contributed by atoms with Crippen LogP contribution in [0, 0.1) is 5.92 Å². The molecule has 8 heteroatoms. The third kappa shape index (κ3) is 5.08. The molecule has 0 aliphatic carbocycles. The highest BCUT2D eigenvalue weighted by Gasteiger charge is 2.32. The number of nitrogens with zero attached hydrogens (tertiary/aromatic N) is 1. The van der Waals surface area contributed by atoms with Crippen LogP contribution in [0.25, 0.3) is 0 Å². The van der Waals surface area contributed by atoms with Crippen LogP contribution in [0.5, 0.6) is 11.5 Å². The number of carbonyl (C=O) groups is 2. The first kappa shape index (κ1) is 24.0. The summed E-state index contributed by atoms with van der Waals surface area (Å²) in [6.45, 7) is 6.08. The lowest BCUT2D eigenvalue weighted by atomic mass is 9.96. The van der Waals surface area contributed by atoms with E-state index < -0.39 is 0 Å². The average molecular weight is 414 g/mol. The topological polar surface area (TPSA) is 93.9 Å². The van der Waals surface area contributed by atoms with Crippen LogP contribution in [0.4, 0.5) is 5.69 Å². The van der Waals surface area contributed by atoms with Gasteiger partial charge < -0.3 is 25.4 Å². The first-order valence-electron chi connectivity index (χ1n) is 9.43. The van der Waals surface area contributed by atoms with Crippen LogP contribution < -0.4 is 20.5 Å². The van der Waals surface area contributed by atoms with Gasteiger partial charge in [0, 0.05) is 30.6 Å². The van der Waals surface area contributed by atoms with Gasteiger partial charge in [0.1, 0.15) is 0 Å². The van der Waals surface area contributed by atoms with E-state index in [-0.39, 0.29) is 48.8 Å². The molecule has 1 aromatic rings. The Morgan fingerprint density at radius 3 is 2.21 bits per heavy atom. The molecule has 1 aromatic carbocycles. The number of hydrogen-bond acceptors (Lipinski definition) is 5. The molecule has 1 aliphatic heterocycles. The average Bonchev–Trinajstić information content (AvgIpc) is 2.66. The third-order valence-corrected chi connectivity index (χ3v) is 5.24. The quantitative estimate of drug-likeness (QED) is 0.747. The third-order valence-electron chi connectivity index (χ3n) is 5.24. The van der Waals surface area contributed by atoms with Gasteiger partial charge in [0.2, 0.25) is 5.91 Å². The van der Waals surface area contributed by atoms with Crippen molar-refractivity contribution < 1.29 is 19.1 Å². The summed E-state index contributed by atoms with van der Waals surface area (Å²) >= 11 is 0. The largest absolute Gasteiger partial charge is 0.493 e. The van der Waals surface area contributed by atoms with Crippen molar-refractivity contribution in [2.45, 2.75) is 52.1 Å². The van der Waals surface area contributed by atoms with Gasteiger partial charge in [-0.3, -0.25) is 9.59 Å². The molecule has 1 aliphatic rings. The predicted octanol–water partition coefficient (Wildman–Crippen LogP) is 3.06. The SMILES string of the molecule is COc1cc(NC(=O)C(C)CN)c(C(=O)N2C(C)CCCC2C)cc1OC.Cl. The highest BCUT2D eigenvalue weighted by Crippen LogP contribution is 2.36. The van der Waals surface area contributed by atoms with Gasteiger partial charge in [-0.1, -0.05) is 6.92 Å². The van der Waals surface area contributed by atoms with Crippen LogP contribution in [0.1, 0.15) is 50.4 Å². The van der Waals surface area contributed by atoms with Crippen molar-refractivity contribution in [1.82, 2.24) is 4.90 Å². The van der Waals surface area contributed by atoms with E-state index in [4.69, 9.17) is 15.2 Å². The smallest absolute Gasteiger partial charge is 0.256 e. The second-order valence-electron chi connectivity index (χ2n) is 7.22. The number of carbonyl (C=O) groups excluding carboxylic acids is 2. The second kappa shape index (κ2) is 10.5. The Kier molecular flexibility index (Phi) is 9.04. The van der Waals surface area contributed by atoms with E-state index in [1.165, 1.54) is 14.2 Å². The summed E-state index contributed by atoms with van der Waals surface area (Å²) in [5, 5.41) is 2.83. The van der Waals surface area contributed by atoms with E-state index in [1.54, 1.807) is 19.1 Å². The summed E-state index contributed by atoms with van der Waals surface area (Å²) in [6, 6.07) is 3.55. The lowest BCUT2D eigenvalue weighted by molar-refractivity contribution is -0.119. The fraction of sp³-hybridized carbons (Fsp3) is 0.600. The number of rotatable bonds is 6. The van der Waals surface area contributed by atoms with E-state index in [9.17, 15) is 9.59 Å². The molecule has 1 saturated heterocycles. The summed E-state index contributed by atoms with van der Waals surface area (Å²) in [5.41, 5.74) is 6.40. The molecule has 158 valence electrons. The molecule has 0 aromatic heterocycles. The van der Waals surface area contributed by atoms with E-state index in [2.05, 4.69) is 19.2 Å². The summed E-state index contributed by atoms with van der Waals surface area (Å²) in [5.74, 6) is 0.172. The van der Waals surface area contributed by atoms with Gasteiger partial charge in [-0.2, -0.15) is 0 Å². The van der Waals surface area contributed by atoms with E-state index in [1.807, 2.05) is 4.90 Å². The number of benzene rings is 1. The Balaban J connectivity index is 0.00000392. The monoisotopic (exact) mass is 413 g/mol. The Morgan fingerprint density at radius 2 is 1.71 bits per heavy atom. The van der Waals surface area contributed by atoms with Crippen molar-refractivity contribution >= 4 is 29.9 Å². The first-order chi connectivity index (χ1) is 12.8. The maximum Gasteiger partial charge on any atom is 0.256 e. The van der Waals surface area contributed by atoms with Gasteiger partial charge in [0.25, 0.3) is 5.91 Å². The van der Waals surface area contributed by atoms with Crippen LogP contribution in [-0.2, 0) is 4.79 Å². The molecule has 2 rings (SSSR count). The van der Waals surface area contributed by atoms with Gasteiger partial charge in [-0.05, 0) is 39.2 Å². The molecule has 28 heavy (non-hydrogen) atoms. The number of nitrogens with two attached hydrogens (primary N) is 1. The summed E-state index contributed by atoms with van der Waals surface area (Å²) in [7, 11) is 3.04. The van der Waals surface area contributed by atoms with Crippen LogP contribution in [0.15, 0.2) is 12.1 Å². The van der Waals surface area contributed by atoms with Crippen LogP contribution >= 0.6 is 12.4 Å². The lowest BCUT2D eigenvalue weighted by Crippen LogP contribution is -2.47. The zero-order valence-electron chi connectivity index (χ0n) is 17.3. The molecule has 0 spiro atoms. The Labute approximate surface area is 173 Å². The van der Waals surface area contributed by atoms with Crippen molar-refractivity contribution in [2.75, 3.05) is 26.1 Å². The second-order valence-corrected chi connectivity index (χ2v) is 7.22. The highest BCUT2D eigenvalue weighted by molar-refractivity contribution is 6.05. The molecule has 0 saturated carbocycles. The van der Waals surface area contributed by atoms with Gasteiger partial charge in [-0.25, -0.2) is 0 Å². The predicted molar refractivity (Wildman–Crippen MR) is 113 cm³/mol. The van der Waals surface area contributed by atoms with Crippen LogP contribution in [-0.4, -0.2) is 49.6 Å². The molecule has 1 heterocycles. The number of piperidine rings is 1.